The van der Waals surface area contributed by atoms with E-state index in [0.29, 0.717) is 23.1 Å². The number of hydrogen-bond acceptors (Lipinski definition) is 3. The van der Waals surface area contributed by atoms with Gasteiger partial charge in [-0.2, -0.15) is 5.10 Å². The third kappa shape index (κ3) is 3.63. The van der Waals surface area contributed by atoms with Gasteiger partial charge >= 0.3 is 0 Å². The van der Waals surface area contributed by atoms with E-state index in [9.17, 15) is 4.79 Å². The smallest absolute Gasteiger partial charge is 0.257 e. The van der Waals surface area contributed by atoms with E-state index >= 15 is 0 Å². The van der Waals surface area contributed by atoms with Gasteiger partial charge in [0.15, 0.2) is 0 Å². The second-order valence-corrected chi connectivity index (χ2v) is 7.57. The van der Waals surface area contributed by atoms with Crippen molar-refractivity contribution >= 4 is 5.91 Å². The Morgan fingerprint density at radius 2 is 1.78 bits per heavy atom. The molecule has 0 aliphatic carbocycles. The molecule has 1 aliphatic rings. The number of piperidine rings is 1. The van der Waals surface area contributed by atoms with Crippen molar-refractivity contribution in [1.82, 2.24) is 19.7 Å². The molecule has 1 aliphatic heterocycles. The average molecular weight is 360 g/mol. The first-order valence-electron chi connectivity index (χ1n) is 9.46. The first-order chi connectivity index (χ1) is 13.1. The van der Waals surface area contributed by atoms with E-state index in [1.165, 1.54) is 6.42 Å². The molecule has 3 heterocycles. The van der Waals surface area contributed by atoms with Crippen LogP contribution in [0, 0.1) is 11.8 Å². The molecule has 0 N–H and O–H groups in total. The second kappa shape index (κ2) is 7.35. The van der Waals surface area contributed by atoms with Crippen LogP contribution >= 0.6 is 0 Å². The summed E-state index contributed by atoms with van der Waals surface area (Å²) in [5.74, 6) is 1.09. The second-order valence-electron chi connectivity index (χ2n) is 7.57. The van der Waals surface area contributed by atoms with Gasteiger partial charge in [-0.3, -0.25) is 9.78 Å². The number of likely N-dealkylation sites (tertiary alicyclic amines) is 1. The number of rotatable bonds is 3. The van der Waals surface area contributed by atoms with E-state index in [1.807, 2.05) is 53.6 Å². The topological polar surface area (TPSA) is 51.0 Å². The monoisotopic (exact) mass is 360 g/mol. The zero-order valence-corrected chi connectivity index (χ0v) is 15.7. The largest absolute Gasteiger partial charge is 0.338 e. The number of para-hydroxylation sites is 1. The van der Waals surface area contributed by atoms with Gasteiger partial charge in [0, 0.05) is 37.2 Å². The van der Waals surface area contributed by atoms with Crippen molar-refractivity contribution in [2.75, 3.05) is 13.1 Å². The predicted molar refractivity (Wildman–Crippen MR) is 106 cm³/mol. The normalized spacial score (nSPS) is 19.9. The molecule has 5 nitrogen and oxygen atoms in total. The number of benzene rings is 1. The van der Waals surface area contributed by atoms with Crippen molar-refractivity contribution in [3.8, 4) is 16.9 Å². The fourth-order valence-corrected chi connectivity index (χ4v) is 3.96. The Bertz CT molecular complexity index is 910. The molecular weight excluding hydrogens is 336 g/mol. The van der Waals surface area contributed by atoms with Gasteiger partial charge in [-0.05, 0) is 42.5 Å². The number of pyridine rings is 1. The lowest BCUT2D eigenvalue weighted by atomic mass is 9.91. The van der Waals surface area contributed by atoms with Crippen LogP contribution in [0.25, 0.3) is 16.9 Å². The third-order valence-corrected chi connectivity index (χ3v) is 5.06. The summed E-state index contributed by atoms with van der Waals surface area (Å²) in [4.78, 5) is 19.6. The van der Waals surface area contributed by atoms with Gasteiger partial charge < -0.3 is 4.90 Å². The molecule has 3 aromatic rings. The molecule has 0 saturated carbocycles. The number of nitrogens with zero attached hydrogens (tertiary/aromatic N) is 4. The first-order valence-corrected chi connectivity index (χ1v) is 9.46. The minimum absolute atomic E-state index is 0.0504. The van der Waals surface area contributed by atoms with E-state index in [1.54, 1.807) is 17.1 Å². The lowest BCUT2D eigenvalue weighted by Crippen LogP contribution is -2.42. The summed E-state index contributed by atoms with van der Waals surface area (Å²) in [7, 11) is 0. The van der Waals surface area contributed by atoms with Crippen molar-refractivity contribution in [3.63, 3.8) is 0 Å². The summed E-state index contributed by atoms with van der Waals surface area (Å²) in [6.07, 6.45) is 6.51. The van der Waals surface area contributed by atoms with Gasteiger partial charge in [0.2, 0.25) is 0 Å². The molecule has 0 spiro atoms. The van der Waals surface area contributed by atoms with Crippen LogP contribution in [0.4, 0.5) is 0 Å². The first kappa shape index (κ1) is 17.5. The van der Waals surface area contributed by atoms with E-state index in [2.05, 4.69) is 18.8 Å². The van der Waals surface area contributed by atoms with Crippen molar-refractivity contribution < 1.29 is 4.79 Å². The highest BCUT2D eigenvalue weighted by atomic mass is 16.2. The standard InChI is InChI=1S/C22H24N4O/c1-16-11-17(2)14-25(13-16)22(27)20-15-26(19-8-4-3-5-9-19)24-21(20)18-7-6-10-23-12-18/h3-10,12,15-17H,11,13-14H2,1-2H3/t16-,17-/m1/s1. The number of carbonyl (C=O) groups is 1. The fourth-order valence-electron chi connectivity index (χ4n) is 3.96. The van der Waals surface area contributed by atoms with E-state index in [-0.39, 0.29) is 5.91 Å². The number of aromatic nitrogens is 3. The maximum atomic E-state index is 13.4. The maximum Gasteiger partial charge on any atom is 0.257 e. The molecular formula is C22H24N4O. The molecule has 27 heavy (non-hydrogen) atoms. The van der Waals surface area contributed by atoms with Crippen LogP contribution in [0.3, 0.4) is 0 Å². The minimum atomic E-state index is 0.0504. The molecule has 4 rings (SSSR count). The molecule has 138 valence electrons. The van der Waals surface area contributed by atoms with Gasteiger partial charge in [-0.15, -0.1) is 0 Å². The molecule has 1 saturated heterocycles. The summed E-state index contributed by atoms with van der Waals surface area (Å²) < 4.78 is 1.78. The highest BCUT2D eigenvalue weighted by Crippen LogP contribution is 2.27. The highest BCUT2D eigenvalue weighted by molar-refractivity contribution is 6.00. The maximum absolute atomic E-state index is 13.4. The van der Waals surface area contributed by atoms with Gasteiger partial charge in [0.1, 0.15) is 5.69 Å². The number of amides is 1. The summed E-state index contributed by atoms with van der Waals surface area (Å²) in [5, 5.41) is 4.73. The van der Waals surface area contributed by atoms with Crippen LogP contribution in [-0.4, -0.2) is 38.7 Å². The Morgan fingerprint density at radius 1 is 1.04 bits per heavy atom. The summed E-state index contributed by atoms with van der Waals surface area (Å²) in [5.41, 5.74) is 3.10. The van der Waals surface area contributed by atoms with Crippen molar-refractivity contribution in [2.45, 2.75) is 20.3 Å². The van der Waals surface area contributed by atoms with Crippen LogP contribution < -0.4 is 0 Å². The third-order valence-electron chi connectivity index (χ3n) is 5.06. The molecule has 0 bridgehead atoms. The van der Waals surface area contributed by atoms with Gasteiger partial charge in [0.25, 0.3) is 5.91 Å². The number of carbonyl (C=O) groups excluding carboxylic acids is 1. The molecule has 2 aromatic heterocycles. The van der Waals surface area contributed by atoms with E-state index in [0.717, 1.165) is 24.3 Å². The summed E-state index contributed by atoms with van der Waals surface area (Å²) >= 11 is 0. The Kier molecular flexibility index (Phi) is 4.75. The van der Waals surface area contributed by atoms with Crippen LogP contribution in [0.1, 0.15) is 30.6 Å². The van der Waals surface area contributed by atoms with Crippen molar-refractivity contribution in [2.24, 2.45) is 11.8 Å². The predicted octanol–water partition coefficient (Wildman–Crippen LogP) is 4.05. The molecule has 2 atom stereocenters. The zero-order valence-electron chi connectivity index (χ0n) is 15.7. The summed E-state index contributed by atoms with van der Waals surface area (Å²) in [6, 6.07) is 13.7. The average Bonchev–Trinajstić information content (AvgIpc) is 3.13. The van der Waals surface area contributed by atoms with Crippen molar-refractivity contribution in [3.05, 3.63) is 66.6 Å². The minimum Gasteiger partial charge on any atom is -0.338 e. The van der Waals surface area contributed by atoms with Gasteiger partial charge in [-0.25, -0.2) is 4.68 Å². The molecule has 0 unspecified atom stereocenters. The lowest BCUT2D eigenvalue weighted by molar-refractivity contribution is 0.0624. The Balaban J connectivity index is 1.76. The number of hydrogen-bond donors (Lipinski definition) is 0. The SMILES string of the molecule is C[C@@H]1C[C@@H](C)CN(C(=O)c2cn(-c3ccccc3)nc2-c2cccnc2)C1. The molecule has 5 heteroatoms. The Morgan fingerprint density at radius 3 is 2.44 bits per heavy atom. The van der Waals surface area contributed by atoms with Gasteiger partial charge in [-0.1, -0.05) is 32.0 Å². The van der Waals surface area contributed by atoms with E-state index < -0.39 is 0 Å². The Hall–Kier alpha value is -2.95. The molecule has 1 amide bonds. The van der Waals surface area contributed by atoms with Crippen LogP contribution in [-0.2, 0) is 0 Å². The quantitative estimate of drug-likeness (QED) is 0.708. The molecule has 0 radical (unpaired) electrons. The summed E-state index contributed by atoms with van der Waals surface area (Å²) in [6.45, 7) is 6.02. The highest BCUT2D eigenvalue weighted by Gasteiger charge is 2.29. The zero-order chi connectivity index (χ0) is 18.8. The van der Waals surface area contributed by atoms with Crippen LogP contribution in [0.2, 0.25) is 0 Å². The Labute approximate surface area is 159 Å². The fraction of sp³-hybridized carbons (Fsp3) is 0.318. The molecule has 1 fully saturated rings. The van der Waals surface area contributed by atoms with Gasteiger partial charge in [0.05, 0.1) is 11.3 Å². The van der Waals surface area contributed by atoms with E-state index in [4.69, 9.17) is 5.10 Å². The molecule has 1 aromatic carbocycles. The van der Waals surface area contributed by atoms with Crippen molar-refractivity contribution in [1.29, 1.82) is 0 Å². The lowest BCUT2D eigenvalue weighted by Gasteiger charge is -2.35. The van der Waals surface area contributed by atoms with Crippen LogP contribution in [0.15, 0.2) is 61.1 Å². The van der Waals surface area contributed by atoms with Crippen LogP contribution in [0.5, 0.6) is 0 Å².